The van der Waals surface area contributed by atoms with Gasteiger partial charge in [-0.15, -0.1) is 0 Å². The molecule has 1 saturated heterocycles. The maximum Gasteiger partial charge on any atom is 0.220 e. The normalized spacial score (nSPS) is 19.7. The molecule has 0 saturated carbocycles. The van der Waals surface area contributed by atoms with Crippen LogP contribution in [0.5, 0.6) is 0 Å². The van der Waals surface area contributed by atoms with E-state index in [0.29, 0.717) is 6.42 Å². The molecule has 1 fully saturated rings. The smallest absolute Gasteiger partial charge is 0.220 e. The van der Waals surface area contributed by atoms with E-state index in [1.165, 1.54) is 109 Å². The average molecular weight is 1060 g/mol. The first kappa shape index (κ1) is 70.6. The van der Waals surface area contributed by atoms with E-state index in [-0.39, 0.29) is 12.5 Å². The summed E-state index contributed by atoms with van der Waals surface area (Å²) in [5.41, 5.74) is 0. The Morgan fingerprint density at radius 3 is 1.21 bits per heavy atom. The molecule has 1 aliphatic rings. The number of hydrogen-bond donors (Lipinski definition) is 6. The Kier molecular flexibility index (Phi) is 51.0. The molecular formula is C67H113NO8. The van der Waals surface area contributed by atoms with E-state index in [1.54, 1.807) is 6.08 Å². The molecule has 0 spiro atoms. The van der Waals surface area contributed by atoms with E-state index < -0.39 is 49.5 Å². The number of rotatable bonds is 51. The second-order valence-corrected chi connectivity index (χ2v) is 20.8. The predicted octanol–water partition coefficient (Wildman–Crippen LogP) is 15.9. The maximum absolute atomic E-state index is 13.1. The van der Waals surface area contributed by atoms with Crippen molar-refractivity contribution in [3.8, 4) is 0 Å². The highest BCUT2D eigenvalue weighted by atomic mass is 16.7. The van der Waals surface area contributed by atoms with Crippen LogP contribution in [-0.2, 0) is 14.3 Å². The Bertz CT molecular complexity index is 1610. The van der Waals surface area contributed by atoms with Gasteiger partial charge in [-0.25, -0.2) is 0 Å². The third kappa shape index (κ3) is 43.6. The molecule has 0 aromatic rings. The molecule has 0 radical (unpaired) electrons. The molecule has 1 rings (SSSR count). The molecular weight excluding hydrogens is 947 g/mol. The number of allylic oxidation sites excluding steroid dienone is 19. The number of aliphatic hydroxyl groups is 5. The summed E-state index contributed by atoms with van der Waals surface area (Å²) in [6.07, 6.45) is 75.4. The van der Waals surface area contributed by atoms with Gasteiger partial charge in [-0.1, -0.05) is 264 Å². The molecule has 1 aliphatic heterocycles. The van der Waals surface area contributed by atoms with Gasteiger partial charge in [0.1, 0.15) is 24.4 Å². The van der Waals surface area contributed by atoms with Crippen LogP contribution >= 0.6 is 0 Å². The number of unbranched alkanes of at least 4 members (excludes halogenated alkanes) is 23. The van der Waals surface area contributed by atoms with Gasteiger partial charge in [-0.3, -0.25) is 4.79 Å². The molecule has 1 heterocycles. The van der Waals surface area contributed by atoms with E-state index in [1.807, 2.05) is 6.08 Å². The summed E-state index contributed by atoms with van der Waals surface area (Å²) in [7, 11) is 0. The van der Waals surface area contributed by atoms with Crippen LogP contribution in [0.4, 0.5) is 0 Å². The van der Waals surface area contributed by atoms with Crippen molar-refractivity contribution >= 4 is 5.91 Å². The average Bonchev–Trinajstić information content (AvgIpc) is 3.42. The lowest BCUT2D eigenvalue weighted by atomic mass is 9.99. The van der Waals surface area contributed by atoms with E-state index in [9.17, 15) is 30.3 Å². The molecule has 9 nitrogen and oxygen atoms in total. The fourth-order valence-corrected chi connectivity index (χ4v) is 8.97. The second-order valence-electron chi connectivity index (χ2n) is 20.8. The first-order valence-corrected chi connectivity index (χ1v) is 30.8. The summed E-state index contributed by atoms with van der Waals surface area (Å²) in [5.74, 6) is -0.192. The standard InChI is InChI=1S/C67H113NO8/c1-3-5-7-9-11-13-15-17-19-21-23-24-25-26-27-28-29-30-31-32-33-34-35-36-37-38-39-41-43-45-47-49-51-53-55-57-63(71)68-60(59-75-67-66(74)65(73)64(72)62(58-69)76-67)61(70)56-54-52-50-48-46-44-42-40-22-20-18-16-14-12-10-8-6-4-2/h5,7,11,13,17,19,23-24,26-27,29-30,32-33,35-36,38-39,54,56,60-62,64-67,69-70,72-74H,3-4,6,8-10,12,14-16,18,20-22,25,28,31,34,37,40-53,55,57-59H2,1-2H3,(H,68,71)/b7-5-,13-11-,19-17-,24-23-,27-26-,30-29-,33-32-,36-35-,39-38-,56-54+. The fourth-order valence-electron chi connectivity index (χ4n) is 8.97. The van der Waals surface area contributed by atoms with Crippen LogP contribution in [-0.4, -0.2) is 87.5 Å². The number of amides is 1. The number of aliphatic hydroxyl groups excluding tert-OH is 5. The number of carbonyl (C=O) groups excluding carboxylic acids is 1. The summed E-state index contributed by atoms with van der Waals surface area (Å²) in [6, 6.07) is -0.820. The Morgan fingerprint density at radius 2 is 0.816 bits per heavy atom. The van der Waals surface area contributed by atoms with Crippen molar-refractivity contribution in [2.45, 2.75) is 281 Å². The van der Waals surface area contributed by atoms with Gasteiger partial charge >= 0.3 is 0 Å². The summed E-state index contributed by atoms with van der Waals surface area (Å²) in [5, 5.41) is 54.6. The molecule has 0 aromatic heterocycles. The zero-order valence-electron chi connectivity index (χ0n) is 48.2. The second kappa shape index (κ2) is 54.9. The molecule has 76 heavy (non-hydrogen) atoms. The topological polar surface area (TPSA) is 149 Å². The quantitative estimate of drug-likeness (QED) is 0.0261. The first-order chi connectivity index (χ1) is 37.3. The minimum atomic E-state index is -1.58. The van der Waals surface area contributed by atoms with Crippen LogP contribution in [0.3, 0.4) is 0 Å². The molecule has 7 atom stereocenters. The van der Waals surface area contributed by atoms with Crippen LogP contribution < -0.4 is 5.32 Å². The number of hydrogen-bond acceptors (Lipinski definition) is 8. The van der Waals surface area contributed by atoms with Crippen molar-refractivity contribution in [2.75, 3.05) is 13.2 Å². The minimum Gasteiger partial charge on any atom is -0.394 e. The van der Waals surface area contributed by atoms with E-state index in [4.69, 9.17) is 9.47 Å². The zero-order valence-corrected chi connectivity index (χ0v) is 48.2. The van der Waals surface area contributed by atoms with Crippen LogP contribution in [0.25, 0.3) is 0 Å². The van der Waals surface area contributed by atoms with Crippen molar-refractivity contribution in [3.05, 3.63) is 122 Å². The third-order valence-corrected chi connectivity index (χ3v) is 13.8. The predicted molar refractivity (Wildman–Crippen MR) is 322 cm³/mol. The van der Waals surface area contributed by atoms with Gasteiger partial charge < -0.3 is 40.3 Å². The molecule has 0 aromatic carbocycles. The molecule has 6 N–H and O–H groups in total. The van der Waals surface area contributed by atoms with Crippen LogP contribution in [0.15, 0.2) is 122 Å². The lowest BCUT2D eigenvalue weighted by Crippen LogP contribution is -2.60. The summed E-state index contributed by atoms with van der Waals surface area (Å²) >= 11 is 0. The van der Waals surface area contributed by atoms with Crippen molar-refractivity contribution < 1.29 is 39.8 Å². The summed E-state index contributed by atoms with van der Waals surface area (Å²) < 4.78 is 11.3. The highest BCUT2D eigenvalue weighted by Gasteiger charge is 2.44. The molecule has 7 unspecified atom stereocenters. The minimum absolute atomic E-state index is 0.192. The maximum atomic E-state index is 13.1. The first-order valence-electron chi connectivity index (χ1n) is 30.8. The molecule has 9 heteroatoms. The van der Waals surface area contributed by atoms with Gasteiger partial charge in [-0.05, 0) is 89.9 Å². The van der Waals surface area contributed by atoms with Crippen LogP contribution in [0.1, 0.15) is 239 Å². The molecule has 0 aliphatic carbocycles. The summed E-state index contributed by atoms with van der Waals surface area (Å²) in [6.45, 7) is 3.66. The van der Waals surface area contributed by atoms with Gasteiger partial charge in [0.2, 0.25) is 5.91 Å². The van der Waals surface area contributed by atoms with Crippen LogP contribution in [0, 0.1) is 0 Å². The van der Waals surface area contributed by atoms with Crippen molar-refractivity contribution in [2.24, 2.45) is 0 Å². The van der Waals surface area contributed by atoms with Crippen molar-refractivity contribution in [1.29, 1.82) is 0 Å². The molecule has 434 valence electrons. The number of ether oxygens (including phenoxy) is 2. The largest absolute Gasteiger partial charge is 0.394 e. The van der Waals surface area contributed by atoms with Crippen molar-refractivity contribution in [3.63, 3.8) is 0 Å². The van der Waals surface area contributed by atoms with Gasteiger partial charge in [0.15, 0.2) is 6.29 Å². The number of carbonyl (C=O) groups is 1. The van der Waals surface area contributed by atoms with Gasteiger partial charge in [-0.2, -0.15) is 0 Å². The Labute approximate surface area is 465 Å². The summed E-state index contributed by atoms with van der Waals surface area (Å²) in [4.78, 5) is 13.1. The van der Waals surface area contributed by atoms with Gasteiger partial charge in [0, 0.05) is 6.42 Å². The SMILES string of the molecule is CC/C=C\C/C=C\C/C=C\C/C=C\C/C=C\C/C=C\C/C=C\C/C=C\C/C=C\CCCCCCCCCC(=O)NC(COC1OC(CO)C(O)C(O)C1O)C(O)/C=C/CCCCCCCCCCCCCCCCCC. The van der Waals surface area contributed by atoms with Crippen LogP contribution in [0.2, 0.25) is 0 Å². The van der Waals surface area contributed by atoms with E-state index in [2.05, 4.69) is 129 Å². The van der Waals surface area contributed by atoms with Gasteiger partial charge in [0.25, 0.3) is 0 Å². The molecule has 1 amide bonds. The Hall–Kier alpha value is -3.41. The zero-order chi connectivity index (χ0) is 55.0. The highest BCUT2D eigenvalue weighted by molar-refractivity contribution is 5.76. The number of nitrogens with one attached hydrogen (secondary N) is 1. The lowest BCUT2D eigenvalue weighted by molar-refractivity contribution is -0.302. The van der Waals surface area contributed by atoms with Gasteiger partial charge in [0.05, 0.1) is 25.4 Å². The Morgan fingerprint density at radius 1 is 0.461 bits per heavy atom. The van der Waals surface area contributed by atoms with E-state index >= 15 is 0 Å². The monoisotopic (exact) mass is 1060 g/mol. The van der Waals surface area contributed by atoms with Crippen molar-refractivity contribution in [1.82, 2.24) is 5.32 Å². The molecule has 0 bridgehead atoms. The van der Waals surface area contributed by atoms with E-state index in [0.717, 1.165) is 109 Å². The Balaban J connectivity index is 2.21. The lowest BCUT2D eigenvalue weighted by Gasteiger charge is -2.40. The third-order valence-electron chi connectivity index (χ3n) is 13.8. The highest BCUT2D eigenvalue weighted by Crippen LogP contribution is 2.23. The fraction of sp³-hybridized carbons (Fsp3) is 0.687.